The van der Waals surface area contributed by atoms with Crippen molar-refractivity contribution >= 4 is 44.3 Å². The fraction of sp³-hybridized carbons (Fsp3) is 0.400. The number of anilines is 1. The Bertz CT molecular complexity index is 1710. The van der Waals surface area contributed by atoms with E-state index in [1.807, 2.05) is 0 Å². The van der Waals surface area contributed by atoms with Gasteiger partial charge < -0.3 is 30.9 Å². The van der Waals surface area contributed by atoms with E-state index in [0.717, 1.165) is 5.39 Å². The summed E-state index contributed by atoms with van der Waals surface area (Å²) in [5.41, 5.74) is 13.7. The maximum atomic E-state index is 14.2. The number of aliphatic carboxylic acids is 1. The highest BCUT2D eigenvalue weighted by molar-refractivity contribution is 7.89. The Balaban J connectivity index is 1.77. The molecule has 3 atom stereocenters. The van der Waals surface area contributed by atoms with Crippen molar-refractivity contribution in [1.82, 2.24) is 14.6 Å². The van der Waals surface area contributed by atoms with Crippen LogP contribution in [0.5, 0.6) is 5.75 Å². The minimum Gasteiger partial charge on any atom is -0.496 e. The van der Waals surface area contributed by atoms with E-state index in [0.29, 0.717) is 39.2 Å². The lowest BCUT2D eigenvalue weighted by molar-refractivity contribution is -0.148. The first-order valence-electron chi connectivity index (χ1n) is 14.0. The zero-order valence-electron chi connectivity index (χ0n) is 25.0. The van der Waals surface area contributed by atoms with E-state index in [4.69, 9.17) is 20.9 Å². The number of pyridine rings is 1. The summed E-state index contributed by atoms with van der Waals surface area (Å²) < 4.78 is 40.6. The van der Waals surface area contributed by atoms with Crippen molar-refractivity contribution in [1.29, 1.82) is 0 Å². The monoisotopic (exact) mass is 627 g/mol. The average Bonchev–Trinajstić information content (AvgIpc) is 2.99. The molecule has 14 heteroatoms. The van der Waals surface area contributed by atoms with Crippen LogP contribution in [0.4, 0.5) is 5.82 Å². The molecule has 1 aromatic heterocycles. The van der Waals surface area contributed by atoms with Crippen molar-refractivity contribution in [3.63, 3.8) is 0 Å². The topological polar surface area (TPSA) is 204 Å². The van der Waals surface area contributed by atoms with Crippen molar-refractivity contribution in [2.24, 2.45) is 11.7 Å². The molecule has 3 aromatic rings. The Hall–Kier alpha value is -4.11. The number of nitrogen functional groups attached to an aromatic ring is 1. The first-order chi connectivity index (χ1) is 20.8. The molecule has 0 spiro atoms. The van der Waals surface area contributed by atoms with E-state index in [9.17, 15) is 27.9 Å². The SMILES string of the molecule is COc1cc(C)c(S(=O)(=O)N[C@H](C(=O)C(Cc2ccc3c(N)nccc3c2)C(=O)N2CCOCC2)C(N)C(=O)O)c(C)c1C. The summed E-state index contributed by atoms with van der Waals surface area (Å²) in [7, 11) is -3.06. The molecule has 0 aliphatic carbocycles. The lowest BCUT2D eigenvalue weighted by Crippen LogP contribution is -2.59. The Morgan fingerprint density at radius 3 is 2.43 bits per heavy atom. The van der Waals surface area contributed by atoms with Crippen molar-refractivity contribution < 1.29 is 37.4 Å². The summed E-state index contributed by atoms with van der Waals surface area (Å²) in [5.74, 6) is -3.83. The van der Waals surface area contributed by atoms with Crippen LogP contribution in [0.25, 0.3) is 10.8 Å². The Morgan fingerprint density at radius 1 is 1.11 bits per heavy atom. The molecule has 0 radical (unpaired) electrons. The fourth-order valence-electron chi connectivity index (χ4n) is 5.47. The van der Waals surface area contributed by atoms with Gasteiger partial charge >= 0.3 is 5.97 Å². The molecule has 1 amide bonds. The quantitative estimate of drug-likeness (QED) is 0.222. The van der Waals surface area contributed by atoms with Crippen LogP contribution in [0.2, 0.25) is 0 Å². The minimum atomic E-state index is -4.52. The summed E-state index contributed by atoms with van der Waals surface area (Å²) in [6.45, 7) is 5.78. The Morgan fingerprint density at radius 2 is 1.80 bits per heavy atom. The molecule has 44 heavy (non-hydrogen) atoms. The number of methoxy groups -OCH3 is 1. The van der Waals surface area contributed by atoms with Gasteiger partial charge in [0.2, 0.25) is 15.9 Å². The number of benzene rings is 2. The van der Waals surface area contributed by atoms with Gasteiger partial charge in [-0.3, -0.25) is 14.4 Å². The number of Topliss-reactive ketones (excluding diaryl/α,β-unsaturated/α-hetero) is 1. The first-order valence-corrected chi connectivity index (χ1v) is 15.4. The summed E-state index contributed by atoms with van der Waals surface area (Å²) in [5, 5.41) is 11.2. The largest absolute Gasteiger partial charge is 0.496 e. The molecule has 1 aliphatic heterocycles. The van der Waals surface area contributed by atoms with Gasteiger partial charge in [0.05, 0.1) is 25.2 Å². The number of hydrogen-bond acceptors (Lipinski definition) is 10. The van der Waals surface area contributed by atoms with Crippen molar-refractivity contribution in [3.8, 4) is 5.75 Å². The van der Waals surface area contributed by atoms with Crippen LogP contribution in [-0.2, 0) is 35.6 Å². The molecule has 2 heterocycles. The number of nitrogens with zero attached hydrogens (tertiary/aromatic N) is 2. The molecular weight excluding hydrogens is 590 g/mol. The fourth-order valence-corrected chi connectivity index (χ4v) is 7.22. The second-order valence-corrected chi connectivity index (χ2v) is 12.4. The van der Waals surface area contributed by atoms with Crippen LogP contribution in [0.15, 0.2) is 41.4 Å². The van der Waals surface area contributed by atoms with Gasteiger partial charge in [-0.1, -0.05) is 18.2 Å². The number of nitrogens with two attached hydrogens (primary N) is 2. The number of carboxylic acids is 1. The number of aromatic nitrogens is 1. The van der Waals surface area contributed by atoms with E-state index in [2.05, 4.69) is 9.71 Å². The number of carbonyl (C=O) groups is 3. The smallest absolute Gasteiger partial charge is 0.322 e. The summed E-state index contributed by atoms with van der Waals surface area (Å²) in [6, 6.07) is 4.48. The van der Waals surface area contributed by atoms with Gasteiger partial charge in [-0.15, -0.1) is 0 Å². The predicted octanol–water partition coefficient (Wildman–Crippen LogP) is 1.10. The summed E-state index contributed by atoms with van der Waals surface area (Å²) >= 11 is 0. The van der Waals surface area contributed by atoms with Gasteiger partial charge in [0.25, 0.3) is 0 Å². The third-order valence-corrected chi connectivity index (χ3v) is 9.69. The number of amides is 1. The van der Waals surface area contributed by atoms with Crippen LogP contribution < -0.4 is 20.9 Å². The molecular formula is C30H37N5O8S. The lowest BCUT2D eigenvalue weighted by Gasteiger charge is -2.32. The van der Waals surface area contributed by atoms with E-state index in [1.165, 1.54) is 24.3 Å². The van der Waals surface area contributed by atoms with Crippen molar-refractivity contribution in [3.05, 3.63) is 58.8 Å². The predicted molar refractivity (Wildman–Crippen MR) is 163 cm³/mol. The number of carbonyl (C=O) groups excluding carboxylic acids is 2. The van der Waals surface area contributed by atoms with Gasteiger partial charge in [-0.2, -0.15) is 4.72 Å². The molecule has 4 rings (SSSR count). The highest BCUT2D eigenvalue weighted by Gasteiger charge is 2.42. The number of rotatable bonds is 11. The number of fused-ring (bicyclic) bond motifs is 1. The number of nitrogens with one attached hydrogen (secondary N) is 1. The molecule has 0 bridgehead atoms. The maximum Gasteiger partial charge on any atom is 0.322 e. The molecule has 1 aliphatic rings. The van der Waals surface area contributed by atoms with Gasteiger partial charge in [0.15, 0.2) is 5.78 Å². The number of carboxylic acid groups (broad SMARTS) is 1. The maximum absolute atomic E-state index is 14.2. The highest BCUT2D eigenvalue weighted by Crippen LogP contribution is 2.31. The molecule has 13 nitrogen and oxygen atoms in total. The third kappa shape index (κ3) is 6.68. The normalized spacial score (nSPS) is 15.9. The van der Waals surface area contributed by atoms with Crippen LogP contribution in [0, 0.1) is 26.7 Å². The zero-order valence-corrected chi connectivity index (χ0v) is 25.8. The summed E-state index contributed by atoms with van der Waals surface area (Å²) in [6.07, 6.45) is 1.39. The Labute approximate surface area is 255 Å². The van der Waals surface area contributed by atoms with Crippen LogP contribution in [0.1, 0.15) is 22.3 Å². The zero-order chi connectivity index (χ0) is 32.3. The van der Waals surface area contributed by atoms with Crippen LogP contribution in [-0.4, -0.2) is 86.6 Å². The number of sulfonamides is 1. The van der Waals surface area contributed by atoms with Crippen LogP contribution >= 0.6 is 0 Å². The standard InChI is InChI=1S/C30H37N5O8S/c1-16-13-23(42-4)17(2)18(3)27(16)44(40,41)34-25(24(31)30(38)39)26(36)22(29(37)35-9-11-43-12-10-35)15-19-5-6-21-20(14-19)7-8-33-28(21)32/h5-8,13-14,22,24-25,34H,9-12,15,31H2,1-4H3,(H2,32,33)(H,38,39)/t22?,24?,25-/m0/s1. The second-order valence-electron chi connectivity index (χ2n) is 10.8. The third-order valence-electron chi connectivity index (χ3n) is 7.96. The first kappa shape index (κ1) is 32.8. The molecule has 6 N–H and O–H groups in total. The van der Waals surface area contributed by atoms with E-state index < -0.39 is 45.7 Å². The Kier molecular flexibility index (Phi) is 9.88. The molecule has 2 aromatic carbocycles. The summed E-state index contributed by atoms with van der Waals surface area (Å²) in [4.78, 5) is 45.6. The molecule has 1 saturated heterocycles. The van der Waals surface area contributed by atoms with E-state index in [-0.39, 0.29) is 37.6 Å². The van der Waals surface area contributed by atoms with Crippen LogP contribution in [0.3, 0.4) is 0 Å². The number of aryl methyl sites for hydroxylation is 1. The number of hydrogen-bond donors (Lipinski definition) is 4. The van der Waals surface area contributed by atoms with Crippen molar-refractivity contribution in [2.75, 3.05) is 39.1 Å². The highest BCUT2D eigenvalue weighted by atomic mass is 32.2. The molecule has 1 fully saturated rings. The van der Waals surface area contributed by atoms with E-state index in [1.54, 1.807) is 45.0 Å². The van der Waals surface area contributed by atoms with Gasteiger partial charge in [0.1, 0.15) is 29.6 Å². The second kappa shape index (κ2) is 13.3. The minimum absolute atomic E-state index is 0.136. The number of morpholine rings is 1. The number of ether oxygens (including phenoxy) is 2. The van der Waals surface area contributed by atoms with E-state index >= 15 is 0 Å². The van der Waals surface area contributed by atoms with Gasteiger partial charge in [0, 0.05) is 24.7 Å². The lowest BCUT2D eigenvalue weighted by atomic mass is 9.87. The van der Waals surface area contributed by atoms with Gasteiger partial charge in [-0.05, 0) is 67.0 Å². The molecule has 2 unspecified atom stereocenters. The molecule has 0 saturated carbocycles. The average molecular weight is 628 g/mol. The van der Waals surface area contributed by atoms with Gasteiger partial charge in [-0.25, -0.2) is 13.4 Å². The molecule has 236 valence electrons. The number of ketones is 1. The van der Waals surface area contributed by atoms with Crippen molar-refractivity contribution in [2.45, 2.75) is 44.2 Å².